The number of thiophene rings is 1. The van der Waals surface area contributed by atoms with Gasteiger partial charge in [-0.15, -0.1) is 11.3 Å². The summed E-state index contributed by atoms with van der Waals surface area (Å²) >= 11 is 6.73. The third-order valence-electron chi connectivity index (χ3n) is 6.11. The highest BCUT2D eigenvalue weighted by Crippen LogP contribution is 2.66. The minimum atomic E-state index is -5.74. The molecule has 19 nitrogen and oxygen atoms in total. The number of nitrogens with one attached hydrogen (secondary N) is 2. The molecule has 3 aromatic heterocycles. The standard InChI is InChI=1S/C19H24N5O14P3S2/c1-8-3-4-43-11(8)5-20-16(25)19-35-13-10(6-33-40(29,30)38-41(31,32)37-39(26,27)28)34-18(14(13)36-19)24-7-21-12-15(24)22-9(2)23-17(12)42/h3-4,7,10,13-14,18-19H,5-6H2,1-2H3,(H,20,25)(H,29,30)(H,31,32)(H,22,23,42)(H2,26,27,28). The van der Waals surface area contributed by atoms with Gasteiger partial charge in [-0.3, -0.25) is 13.9 Å². The summed E-state index contributed by atoms with van der Waals surface area (Å²) in [5.41, 5.74) is 1.71. The maximum Gasteiger partial charge on any atom is 0.490 e. The van der Waals surface area contributed by atoms with E-state index in [4.69, 9.17) is 40.7 Å². The van der Waals surface area contributed by atoms with Gasteiger partial charge in [-0.1, -0.05) is 12.2 Å². The van der Waals surface area contributed by atoms with Gasteiger partial charge >= 0.3 is 23.5 Å². The van der Waals surface area contributed by atoms with Gasteiger partial charge in [0.1, 0.15) is 35.3 Å². The number of fused-ring (bicyclic) bond motifs is 2. The van der Waals surface area contributed by atoms with Gasteiger partial charge in [-0.05, 0) is 30.9 Å². The van der Waals surface area contributed by atoms with Crippen molar-refractivity contribution in [3.63, 3.8) is 0 Å². The molecule has 6 N–H and O–H groups in total. The Bertz CT molecular complexity index is 1740. The molecular formula is C19H24N5O14P3S2. The second-order valence-corrected chi connectivity index (χ2v) is 15.0. The van der Waals surface area contributed by atoms with Gasteiger partial charge in [-0.2, -0.15) is 8.62 Å². The van der Waals surface area contributed by atoms with Crippen molar-refractivity contribution in [2.24, 2.45) is 0 Å². The minimum Gasteiger partial charge on any atom is -0.347 e. The number of hydrogen-bond donors (Lipinski definition) is 6. The molecule has 5 heterocycles. The van der Waals surface area contributed by atoms with Crippen LogP contribution in [0.4, 0.5) is 0 Å². The van der Waals surface area contributed by atoms with E-state index in [0.29, 0.717) is 17.0 Å². The summed E-state index contributed by atoms with van der Waals surface area (Å²) in [6, 6.07) is 1.90. The van der Waals surface area contributed by atoms with E-state index in [0.717, 1.165) is 10.4 Å². The zero-order chi connectivity index (χ0) is 31.3. The Morgan fingerprint density at radius 1 is 1.14 bits per heavy atom. The zero-order valence-corrected chi connectivity index (χ0v) is 26.2. The summed E-state index contributed by atoms with van der Waals surface area (Å²) in [6.45, 7) is 2.94. The predicted octanol–water partition coefficient (Wildman–Crippen LogP) is 1.83. The monoisotopic (exact) mass is 703 g/mol. The topological polar surface area (TPSA) is 263 Å². The number of phosphoric acid groups is 3. The molecule has 2 fully saturated rings. The Labute approximate surface area is 250 Å². The van der Waals surface area contributed by atoms with Crippen LogP contribution in [0.3, 0.4) is 0 Å². The summed E-state index contributed by atoms with van der Waals surface area (Å²) in [5.74, 6) is -0.148. The summed E-state index contributed by atoms with van der Waals surface area (Å²) in [7, 11) is -16.8. The first-order chi connectivity index (χ1) is 20.0. The van der Waals surface area contributed by atoms with Crippen LogP contribution >= 0.6 is 47.0 Å². The van der Waals surface area contributed by atoms with E-state index in [-0.39, 0.29) is 11.2 Å². The van der Waals surface area contributed by atoms with Crippen molar-refractivity contribution >= 4 is 64.1 Å². The lowest BCUT2D eigenvalue weighted by atomic mass is 10.1. The number of carbonyl (C=O) groups is 1. The molecule has 0 spiro atoms. The van der Waals surface area contributed by atoms with Crippen LogP contribution in [0.25, 0.3) is 11.2 Å². The molecule has 7 unspecified atom stereocenters. The molecule has 0 aromatic carbocycles. The lowest BCUT2D eigenvalue weighted by molar-refractivity contribution is -0.171. The highest BCUT2D eigenvalue weighted by atomic mass is 32.1. The van der Waals surface area contributed by atoms with Gasteiger partial charge in [0.2, 0.25) is 6.29 Å². The second-order valence-electron chi connectivity index (χ2n) is 9.21. The Balaban J connectivity index is 1.36. The number of nitrogens with zero attached hydrogens (tertiary/aromatic N) is 3. The maximum atomic E-state index is 13.0. The molecule has 1 amide bonds. The fourth-order valence-corrected chi connectivity index (χ4v) is 8.52. The third-order valence-corrected chi connectivity index (χ3v) is 11.2. The largest absolute Gasteiger partial charge is 0.490 e. The van der Waals surface area contributed by atoms with Crippen LogP contribution in [-0.2, 0) is 52.4 Å². The number of carbonyl (C=O) groups excluding carboxylic acids is 1. The van der Waals surface area contributed by atoms with Crippen molar-refractivity contribution in [3.8, 4) is 0 Å². The van der Waals surface area contributed by atoms with E-state index in [2.05, 4.69) is 28.9 Å². The average Bonchev–Trinajstić information content (AvgIpc) is 3.63. The predicted molar refractivity (Wildman–Crippen MR) is 146 cm³/mol. The normalized spacial score (nSPS) is 26.7. The number of imidazole rings is 1. The SMILES string of the molecule is Cc1nc(=S)c2ncn(C3OC(COP(=O)(O)OP(=O)(O)OP(=O)(O)O)C4OC(C(=O)NCc5sccc5C)OC43)c2[nH]1. The van der Waals surface area contributed by atoms with Gasteiger partial charge in [0, 0.05) is 4.88 Å². The van der Waals surface area contributed by atoms with Gasteiger partial charge in [0.05, 0.1) is 19.5 Å². The van der Waals surface area contributed by atoms with Crippen LogP contribution < -0.4 is 5.32 Å². The average molecular weight is 703 g/mol. The molecule has 24 heteroatoms. The van der Waals surface area contributed by atoms with Crippen molar-refractivity contribution in [1.29, 1.82) is 0 Å². The molecule has 2 saturated heterocycles. The molecule has 0 radical (unpaired) electrons. The molecule has 3 aromatic rings. The fourth-order valence-electron chi connectivity index (χ4n) is 4.36. The van der Waals surface area contributed by atoms with Crippen LogP contribution in [-0.4, -0.2) is 76.2 Å². The smallest absolute Gasteiger partial charge is 0.347 e. The molecule has 236 valence electrons. The van der Waals surface area contributed by atoms with Crippen molar-refractivity contribution in [1.82, 2.24) is 24.8 Å². The highest BCUT2D eigenvalue weighted by Gasteiger charge is 2.56. The molecule has 7 atom stereocenters. The molecule has 0 bridgehead atoms. The number of hydrogen-bond acceptors (Lipinski definition) is 14. The Hall–Kier alpha value is -1.77. The van der Waals surface area contributed by atoms with Crippen molar-refractivity contribution in [2.75, 3.05) is 6.61 Å². The van der Waals surface area contributed by atoms with E-state index < -0.39 is 66.8 Å². The van der Waals surface area contributed by atoms with Gasteiger partial charge in [0.15, 0.2) is 10.9 Å². The van der Waals surface area contributed by atoms with Crippen LogP contribution in [0.15, 0.2) is 17.8 Å². The van der Waals surface area contributed by atoms with Crippen LogP contribution in [0.1, 0.15) is 22.5 Å². The Morgan fingerprint density at radius 2 is 1.86 bits per heavy atom. The molecule has 2 aliphatic rings. The first-order valence-corrected chi connectivity index (χ1v) is 17.8. The Morgan fingerprint density at radius 3 is 2.53 bits per heavy atom. The van der Waals surface area contributed by atoms with Crippen molar-refractivity contribution in [3.05, 3.63) is 38.7 Å². The molecule has 5 rings (SSSR count). The summed E-state index contributed by atoms with van der Waals surface area (Å²) in [4.78, 5) is 62.1. The number of H-pyrrole nitrogens is 1. The minimum absolute atomic E-state index is 0.202. The maximum absolute atomic E-state index is 13.0. The van der Waals surface area contributed by atoms with Crippen molar-refractivity contribution in [2.45, 2.75) is 51.2 Å². The van der Waals surface area contributed by atoms with E-state index in [1.54, 1.807) is 6.92 Å². The van der Waals surface area contributed by atoms with Gasteiger partial charge < -0.3 is 44.1 Å². The van der Waals surface area contributed by atoms with Crippen LogP contribution in [0, 0.1) is 18.5 Å². The van der Waals surface area contributed by atoms with Gasteiger partial charge in [-0.25, -0.2) is 23.7 Å². The van der Waals surface area contributed by atoms with E-state index >= 15 is 0 Å². The quantitative estimate of drug-likeness (QED) is 0.123. The molecule has 2 aliphatic heterocycles. The summed E-state index contributed by atoms with van der Waals surface area (Å²) < 4.78 is 66.7. The van der Waals surface area contributed by atoms with E-state index in [9.17, 15) is 28.3 Å². The summed E-state index contributed by atoms with van der Waals surface area (Å²) in [6.07, 6.45) is -4.47. The second kappa shape index (κ2) is 12.2. The first kappa shape index (κ1) is 32.6. The number of phosphoric ester groups is 1. The molecular weight excluding hydrogens is 679 g/mol. The first-order valence-electron chi connectivity index (χ1n) is 12.0. The van der Waals surface area contributed by atoms with E-state index in [1.165, 1.54) is 22.2 Å². The fraction of sp³-hybridized carbons (Fsp3) is 0.474. The number of aromatic amines is 1. The number of amides is 1. The lowest BCUT2D eigenvalue weighted by Gasteiger charge is -2.22. The summed E-state index contributed by atoms with van der Waals surface area (Å²) in [5, 5.41) is 4.61. The number of ether oxygens (including phenoxy) is 3. The van der Waals surface area contributed by atoms with Crippen LogP contribution in [0.5, 0.6) is 0 Å². The molecule has 0 saturated carbocycles. The zero-order valence-electron chi connectivity index (χ0n) is 21.9. The number of rotatable bonds is 11. The highest BCUT2D eigenvalue weighted by molar-refractivity contribution is 7.71. The lowest BCUT2D eigenvalue weighted by Crippen LogP contribution is -2.37. The van der Waals surface area contributed by atoms with Crippen LogP contribution in [0.2, 0.25) is 0 Å². The molecule has 0 aliphatic carbocycles. The van der Waals surface area contributed by atoms with E-state index in [1.807, 2.05) is 18.4 Å². The molecule has 43 heavy (non-hydrogen) atoms. The number of aryl methyl sites for hydroxylation is 2. The van der Waals surface area contributed by atoms with Gasteiger partial charge in [0.25, 0.3) is 5.91 Å². The third kappa shape index (κ3) is 7.55. The van der Waals surface area contributed by atoms with Crippen molar-refractivity contribution < 1.29 is 65.4 Å². The number of aromatic nitrogens is 4. The Kier molecular flexibility index (Phi) is 9.26.